The molecule has 0 bridgehead atoms. The molecular weight excluding hydrogens is 436 g/mol. The van der Waals surface area contributed by atoms with Crippen LogP contribution in [-0.2, 0) is 14.3 Å². The molecule has 188 valence electrons. The second-order valence-corrected chi connectivity index (χ2v) is 12.9. The summed E-state index contributed by atoms with van der Waals surface area (Å²) >= 11 is 0. The molecule has 0 aromatic heterocycles. The fourth-order valence-electron chi connectivity index (χ4n) is 9.48. The van der Waals surface area contributed by atoms with E-state index in [1.165, 1.54) is 31.3 Å². The van der Waals surface area contributed by atoms with Crippen molar-refractivity contribution in [3.63, 3.8) is 0 Å². The number of rotatable bonds is 3. The van der Waals surface area contributed by atoms with Crippen molar-refractivity contribution in [1.29, 1.82) is 0 Å². The minimum Gasteiger partial charge on any atom is -0.459 e. The van der Waals surface area contributed by atoms with E-state index in [-0.39, 0.29) is 34.5 Å². The summed E-state index contributed by atoms with van der Waals surface area (Å²) in [6.45, 7) is 7.23. The first-order chi connectivity index (χ1) is 16.7. The maximum absolute atomic E-state index is 12.7. The van der Waals surface area contributed by atoms with Crippen molar-refractivity contribution < 1.29 is 19.1 Å². The Hall–Kier alpha value is -2.10. The second kappa shape index (κ2) is 8.21. The Morgan fingerprint density at radius 2 is 1.77 bits per heavy atom. The number of fused-ring (bicyclic) bond motifs is 5. The average Bonchev–Trinajstić information content (AvgIpc) is 3.39. The lowest BCUT2D eigenvalue weighted by Crippen LogP contribution is -2.53. The Labute approximate surface area is 209 Å². The van der Waals surface area contributed by atoms with Crippen LogP contribution in [0.1, 0.15) is 95.3 Å². The largest absolute Gasteiger partial charge is 0.459 e. The van der Waals surface area contributed by atoms with E-state index in [0.29, 0.717) is 29.7 Å². The van der Waals surface area contributed by atoms with Gasteiger partial charge in [-0.05, 0) is 99.0 Å². The highest BCUT2D eigenvalue weighted by Crippen LogP contribution is 2.68. The molecule has 0 spiro atoms. The third-order valence-corrected chi connectivity index (χ3v) is 11.3. The number of cyclic esters (lactones) is 1. The average molecular weight is 477 g/mol. The fraction of sp³-hybridized carbons (Fsp3) is 0.677. The van der Waals surface area contributed by atoms with Gasteiger partial charge in [0.05, 0.1) is 5.56 Å². The lowest BCUT2D eigenvalue weighted by molar-refractivity contribution is -0.158. The highest BCUT2D eigenvalue weighted by molar-refractivity contribution is 5.89. The number of carbonyl (C=O) groups is 2. The van der Waals surface area contributed by atoms with Crippen LogP contribution in [0, 0.1) is 34.5 Å². The predicted octanol–water partition coefficient (Wildman–Crippen LogP) is 6.89. The highest BCUT2D eigenvalue weighted by atomic mass is 16.6. The second-order valence-electron chi connectivity index (χ2n) is 12.9. The molecule has 3 saturated carbocycles. The lowest BCUT2D eigenvalue weighted by atomic mass is 9.46. The van der Waals surface area contributed by atoms with E-state index in [4.69, 9.17) is 9.47 Å². The molecule has 1 aromatic rings. The van der Waals surface area contributed by atoms with Gasteiger partial charge in [-0.15, -0.1) is 0 Å². The van der Waals surface area contributed by atoms with Crippen LogP contribution in [0.4, 0.5) is 0 Å². The molecule has 4 aliphatic carbocycles. The van der Waals surface area contributed by atoms with Crippen LogP contribution >= 0.6 is 0 Å². The standard InChI is InChI=1S/C31H40O4/c1-29-16-13-22(34-28(33)20-7-5-4-6-8-20)19-21(29)9-10-23-24-11-12-26(30(24,2)17-14-25(23)29)31(3)18-15-27(32)35-31/h4-9,22-26H,10-19H2,1-3H3/t22-,23+,24+,25+,26+,29-,30-,31-/m0/s1. The predicted molar refractivity (Wildman–Crippen MR) is 135 cm³/mol. The molecule has 0 unspecified atom stereocenters. The number of benzene rings is 1. The summed E-state index contributed by atoms with van der Waals surface area (Å²) in [6.07, 6.45) is 13.0. The summed E-state index contributed by atoms with van der Waals surface area (Å²) in [5, 5.41) is 0. The number of ether oxygens (including phenoxy) is 2. The van der Waals surface area contributed by atoms with Crippen LogP contribution in [0.15, 0.2) is 42.0 Å². The van der Waals surface area contributed by atoms with Gasteiger partial charge in [-0.25, -0.2) is 4.79 Å². The zero-order valence-corrected chi connectivity index (χ0v) is 21.6. The van der Waals surface area contributed by atoms with Gasteiger partial charge in [-0.2, -0.15) is 0 Å². The number of allylic oxidation sites excluding steroid dienone is 1. The van der Waals surface area contributed by atoms with Crippen LogP contribution in [0.25, 0.3) is 0 Å². The van der Waals surface area contributed by atoms with Crippen LogP contribution < -0.4 is 0 Å². The monoisotopic (exact) mass is 476 g/mol. The Balaban J connectivity index is 1.19. The van der Waals surface area contributed by atoms with Crippen LogP contribution in [0.2, 0.25) is 0 Å². The Kier molecular flexibility index (Phi) is 5.47. The summed E-state index contributed by atoms with van der Waals surface area (Å²) in [7, 11) is 0. The summed E-state index contributed by atoms with van der Waals surface area (Å²) in [4.78, 5) is 24.7. The molecule has 1 saturated heterocycles. The zero-order chi connectivity index (χ0) is 24.4. The Bertz CT molecular complexity index is 1050. The van der Waals surface area contributed by atoms with E-state index < -0.39 is 0 Å². The van der Waals surface area contributed by atoms with Crippen molar-refractivity contribution >= 4 is 11.9 Å². The Morgan fingerprint density at radius 3 is 2.51 bits per heavy atom. The SMILES string of the molecule is C[C@]12CC[C@@H]3[C@H](CC=C4C[C@@H](OC(=O)c5ccccc5)CC[C@@]43C)[C@H]1CC[C@H]2[C@]1(C)CCC(=O)O1. The van der Waals surface area contributed by atoms with Gasteiger partial charge in [0.25, 0.3) is 0 Å². The molecule has 6 rings (SSSR count). The van der Waals surface area contributed by atoms with Gasteiger partial charge in [0.2, 0.25) is 0 Å². The molecule has 8 atom stereocenters. The topological polar surface area (TPSA) is 52.6 Å². The van der Waals surface area contributed by atoms with E-state index in [1.54, 1.807) is 0 Å². The molecule has 0 radical (unpaired) electrons. The fourth-order valence-corrected chi connectivity index (χ4v) is 9.48. The van der Waals surface area contributed by atoms with Gasteiger partial charge in [0.1, 0.15) is 11.7 Å². The van der Waals surface area contributed by atoms with Gasteiger partial charge < -0.3 is 9.47 Å². The van der Waals surface area contributed by atoms with Crippen LogP contribution in [-0.4, -0.2) is 23.6 Å². The van der Waals surface area contributed by atoms with E-state index in [2.05, 4.69) is 26.8 Å². The van der Waals surface area contributed by atoms with Crippen molar-refractivity contribution in [3.05, 3.63) is 47.5 Å². The Morgan fingerprint density at radius 1 is 0.971 bits per heavy atom. The summed E-state index contributed by atoms with van der Waals surface area (Å²) < 4.78 is 11.9. The number of hydrogen-bond donors (Lipinski definition) is 0. The molecule has 35 heavy (non-hydrogen) atoms. The molecule has 1 heterocycles. The summed E-state index contributed by atoms with van der Waals surface area (Å²) in [6, 6.07) is 9.37. The molecule has 0 N–H and O–H groups in total. The van der Waals surface area contributed by atoms with E-state index in [1.807, 2.05) is 30.3 Å². The highest BCUT2D eigenvalue weighted by Gasteiger charge is 2.63. The van der Waals surface area contributed by atoms with Gasteiger partial charge in [-0.1, -0.05) is 43.7 Å². The molecule has 5 aliphatic rings. The van der Waals surface area contributed by atoms with Crippen molar-refractivity contribution in [3.8, 4) is 0 Å². The molecule has 1 aromatic carbocycles. The van der Waals surface area contributed by atoms with Crippen molar-refractivity contribution in [2.24, 2.45) is 34.5 Å². The molecule has 4 heteroatoms. The minimum atomic E-state index is -0.270. The number of hydrogen-bond acceptors (Lipinski definition) is 4. The third-order valence-electron chi connectivity index (χ3n) is 11.3. The van der Waals surface area contributed by atoms with Gasteiger partial charge in [0.15, 0.2) is 0 Å². The van der Waals surface area contributed by atoms with Crippen LogP contribution in [0.3, 0.4) is 0 Å². The van der Waals surface area contributed by atoms with Crippen LogP contribution in [0.5, 0.6) is 0 Å². The maximum atomic E-state index is 12.7. The number of esters is 2. The lowest BCUT2D eigenvalue weighted by Gasteiger charge is -2.59. The first-order valence-electron chi connectivity index (χ1n) is 13.9. The first-order valence-corrected chi connectivity index (χ1v) is 13.9. The summed E-state index contributed by atoms with van der Waals surface area (Å²) in [5.74, 6) is 2.43. The van der Waals surface area contributed by atoms with Gasteiger partial charge >= 0.3 is 11.9 Å². The zero-order valence-electron chi connectivity index (χ0n) is 21.6. The minimum absolute atomic E-state index is 0.00397. The van der Waals surface area contributed by atoms with Crippen molar-refractivity contribution in [1.82, 2.24) is 0 Å². The van der Waals surface area contributed by atoms with Crippen molar-refractivity contribution in [2.75, 3.05) is 0 Å². The van der Waals surface area contributed by atoms with E-state index in [0.717, 1.165) is 38.0 Å². The molecule has 4 nitrogen and oxygen atoms in total. The number of carbonyl (C=O) groups excluding carboxylic acids is 2. The quantitative estimate of drug-likeness (QED) is 0.352. The van der Waals surface area contributed by atoms with E-state index >= 15 is 0 Å². The molecule has 0 amide bonds. The first kappa shape index (κ1) is 23.3. The van der Waals surface area contributed by atoms with E-state index in [9.17, 15) is 9.59 Å². The molecule has 4 fully saturated rings. The smallest absolute Gasteiger partial charge is 0.338 e. The summed E-state index contributed by atoms with van der Waals surface area (Å²) in [5.41, 5.74) is 2.40. The molecule has 1 aliphatic heterocycles. The third kappa shape index (κ3) is 3.61. The van der Waals surface area contributed by atoms with Crippen molar-refractivity contribution in [2.45, 2.75) is 96.7 Å². The normalized spacial score (nSPS) is 44.5. The maximum Gasteiger partial charge on any atom is 0.338 e. The van der Waals surface area contributed by atoms with Gasteiger partial charge in [0, 0.05) is 18.8 Å². The molecular formula is C31H40O4. The van der Waals surface area contributed by atoms with Gasteiger partial charge in [-0.3, -0.25) is 4.79 Å².